The van der Waals surface area contributed by atoms with Crippen molar-refractivity contribution in [3.8, 4) is 17.3 Å². The number of aromatic amines is 1. The first-order chi connectivity index (χ1) is 16.6. The molecule has 34 heavy (non-hydrogen) atoms. The van der Waals surface area contributed by atoms with Crippen LogP contribution in [-0.2, 0) is 13.0 Å². The zero-order valence-corrected chi connectivity index (χ0v) is 19.9. The van der Waals surface area contributed by atoms with Crippen LogP contribution in [0.3, 0.4) is 0 Å². The molecule has 0 fully saturated rings. The van der Waals surface area contributed by atoms with Gasteiger partial charge in [0.15, 0.2) is 5.82 Å². The molecule has 1 atom stereocenters. The molecule has 5 heterocycles. The highest BCUT2D eigenvalue weighted by atomic mass is 15.4. The summed E-state index contributed by atoms with van der Waals surface area (Å²) in [5.41, 5.74) is 7.87. The summed E-state index contributed by atoms with van der Waals surface area (Å²) in [6, 6.07) is 13.0. The molecule has 0 amide bonds. The second-order valence-corrected chi connectivity index (χ2v) is 9.36. The predicted molar refractivity (Wildman–Crippen MR) is 133 cm³/mol. The lowest BCUT2D eigenvalue weighted by molar-refractivity contribution is 0.445. The number of benzene rings is 1. The van der Waals surface area contributed by atoms with Crippen LogP contribution >= 0.6 is 0 Å². The molecule has 0 radical (unpaired) electrons. The average Bonchev–Trinajstić information content (AvgIpc) is 3.57. The number of imidazole rings is 1. The molecule has 1 aliphatic heterocycles. The van der Waals surface area contributed by atoms with Crippen molar-refractivity contribution in [3.63, 3.8) is 0 Å². The van der Waals surface area contributed by atoms with Gasteiger partial charge in [-0.2, -0.15) is 0 Å². The number of H-pyrrole nitrogens is 1. The number of pyridine rings is 1. The molecule has 7 nitrogen and oxygen atoms in total. The SMILES string of the molecule is CCCc1ccc(C)c(C2CCCn3nc(-c4cc5nc(-n6cnc(C)c6)ccc5[nH]4)nc32)c1. The molecule has 0 spiro atoms. The molecule has 1 aromatic carbocycles. The van der Waals surface area contributed by atoms with Crippen molar-refractivity contribution in [2.24, 2.45) is 0 Å². The molecule has 1 N–H and O–H groups in total. The van der Waals surface area contributed by atoms with E-state index in [0.29, 0.717) is 0 Å². The van der Waals surface area contributed by atoms with E-state index in [2.05, 4.69) is 52.8 Å². The molecular weight excluding hydrogens is 422 g/mol. The van der Waals surface area contributed by atoms with Crippen LogP contribution in [0.25, 0.3) is 28.4 Å². The summed E-state index contributed by atoms with van der Waals surface area (Å²) >= 11 is 0. The number of nitrogens with zero attached hydrogens (tertiary/aromatic N) is 6. The van der Waals surface area contributed by atoms with E-state index in [0.717, 1.165) is 72.1 Å². The minimum atomic E-state index is 0.283. The molecule has 1 aliphatic rings. The van der Waals surface area contributed by atoms with Crippen LogP contribution in [0.15, 0.2) is 48.9 Å². The standard InChI is InChI=1S/C27H29N7/c1-4-6-19-9-8-17(2)21(13-19)20-7-5-12-34-27(20)31-26(32-34)24-14-23-22(29-24)10-11-25(30-23)33-15-18(3)28-16-33/h8-11,13-16,20,29H,4-7,12H2,1-3H3. The van der Waals surface area contributed by atoms with E-state index in [4.69, 9.17) is 15.1 Å². The van der Waals surface area contributed by atoms with Gasteiger partial charge in [-0.1, -0.05) is 31.5 Å². The molecule has 7 heteroatoms. The maximum atomic E-state index is 5.05. The van der Waals surface area contributed by atoms with Gasteiger partial charge in [0.05, 0.1) is 22.4 Å². The Balaban J connectivity index is 1.37. The monoisotopic (exact) mass is 451 g/mol. The third kappa shape index (κ3) is 3.61. The quantitative estimate of drug-likeness (QED) is 0.383. The van der Waals surface area contributed by atoms with Gasteiger partial charge in [0.1, 0.15) is 18.0 Å². The fraction of sp³-hybridized carbons (Fsp3) is 0.333. The van der Waals surface area contributed by atoms with Gasteiger partial charge in [-0.3, -0.25) is 4.57 Å². The van der Waals surface area contributed by atoms with E-state index in [1.807, 2.05) is 29.8 Å². The first-order valence-corrected chi connectivity index (χ1v) is 12.1. The molecule has 0 aliphatic carbocycles. The molecule has 1 unspecified atom stereocenters. The van der Waals surface area contributed by atoms with Crippen LogP contribution in [0.4, 0.5) is 0 Å². The number of fused-ring (bicyclic) bond motifs is 2. The molecule has 0 saturated carbocycles. The summed E-state index contributed by atoms with van der Waals surface area (Å²) < 4.78 is 4.04. The number of nitrogens with one attached hydrogen (secondary N) is 1. The fourth-order valence-electron chi connectivity index (χ4n) is 5.08. The van der Waals surface area contributed by atoms with Crippen LogP contribution in [0, 0.1) is 13.8 Å². The summed E-state index contributed by atoms with van der Waals surface area (Å²) in [5, 5.41) is 4.90. The normalized spacial score (nSPS) is 15.7. The van der Waals surface area contributed by atoms with Gasteiger partial charge >= 0.3 is 0 Å². The fourth-order valence-corrected chi connectivity index (χ4v) is 5.08. The third-order valence-electron chi connectivity index (χ3n) is 6.81. The smallest absolute Gasteiger partial charge is 0.197 e. The lowest BCUT2D eigenvalue weighted by Gasteiger charge is -2.24. The van der Waals surface area contributed by atoms with Gasteiger partial charge in [0, 0.05) is 18.7 Å². The lowest BCUT2D eigenvalue weighted by Crippen LogP contribution is -2.18. The Morgan fingerprint density at radius 2 is 2.00 bits per heavy atom. The number of aryl methyl sites for hydroxylation is 4. The summed E-state index contributed by atoms with van der Waals surface area (Å²) in [6.45, 7) is 7.33. The van der Waals surface area contributed by atoms with E-state index in [9.17, 15) is 0 Å². The zero-order valence-electron chi connectivity index (χ0n) is 19.9. The van der Waals surface area contributed by atoms with Crippen molar-refractivity contribution < 1.29 is 0 Å². The van der Waals surface area contributed by atoms with Crippen molar-refractivity contribution in [1.29, 1.82) is 0 Å². The van der Waals surface area contributed by atoms with Crippen LogP contribution in [0.1, 0.15) is 60.3 Å². The van der Waals surface area contributed by atoms with E-state index in [1.54, 1.807) is 6.33 Å². The summed E-state index contributed by atoms with van der Waals surface area (Å²) in [5.74, 6) is 2.94. The van der Waals surface area contributed by atoms with E-state index < -0.39 is 0 Å². The Labute approximate surface area is 198 Å². The Bertz CT molecular complexity index is 1490. The van der Waals surface area contributed by atoms with E-state index in [-0.39, 0.29) is 5.92 Å². The molecule has 5 aromatic rings. The van der Waals surface area contributed by atoms with Gasteiger partial charge in [0.2, 0.25) is 0 Å². The van der Waals surface area contributed by atoms with Crippen LogP contribution in [0.5, 0.6) is 0 Å². The van der Waals surface area contributed by atoms with Crippen LogP contribution in [-0.4, -0.2) is 34.3 Å². The lowest BCUT2D eigenvalue weighted by atomic mass is 9.87. The van der Waals surface area contributed by atoms with Gasteiger partial charge in [-0.25, -0.2) is 19.6 Å². The highest BCUT2D eigenvalue weighted by Crippen LogP contribution is 2.36. The van der Waals surface area contributed by atoms with Gasteiger partial charge < -0.3 is 4.98 Å². The third-order valence-corrected chi connectivity index (χ3v) is 6.81. The van der Waals surface area contributed by atoms with Crippen molar-refractivity contribution in [3.05, 3.63) is 77.1 Å². The van der Waals surface area contributed by atoms with Gasteiger partial charge in [-0.15, -0.1) is 5.10 Å². The molecule has 4 aromatic heterocycles. The summed E-state index contributed by atoms with van der Waals surface area (Å²) in [4.78, 5) is 17.7. The largest absolute Gasteiger partial charge is 0.351 e. The first kappa shape index (κ1) is 20.8. The maximum Gasteiger partial charge on any atom is 0.197 e. The number of aromatic nitrogens is 7. The molecular formula is C27H29N7. The number of hydrogen-bond donors (Lipinski definition) is 1. The molecule has 0 saturated heterocycles. The number of hydrogen-bond acceptors (Lipinski definition) is 4. The van der Waals surface area contributed by atoms with Crippen LogP contribution in [0.2, 0.25) is 0 Å². The minimum absolute atomic E-state index is 0.283. The second kappa shape index (κ2) is 8.24. The predicted octanol–water partition coefficient (Wildman–Crippen LogP) is 5.50. The topological polar surface area (TPSA) is 77.2 Å². The Morgan fingerprint density at radius 1 is 1.09 bits per heavy atom. The Morgan fingerprint density at radius 3 is 2.82 bits per heavy atom. The zero-order chi connectivity index (χ0) is 23.2. The van der Waals surface area contributed by atoms with E-state index in [1.165, 1.54) is 16.7 Å². The van der Waals surface area contributed by atoms with E-state index >= 15 is 0 Å². The van der Waals surface area contributed by atoms with Crippen molar-refractivity contribution in [1.82, 2.24) is 34.3 Å². The average molecular weight is 452 g/mol. The minimum Gasteiger partial charge on any atom is -0.351 e. The van der Waals surface area contributed by atoms with Crippen molar-refractivity contribution >= 4 is 11.0 Å². The highest BCUT2D eigenvalue weighted by Gasteiger charge is 2.28. The molecule has 0 bridgehead atoms. The maximum absolute atomic E-state index is 5.05. The highest BCUT2D eigenvalue weighted by molar-refractivity contribution is 5.81. The van der Waals surface area contributed by atoms with Crippen molar-refractivity contribution in [2.75, 3.05) is 0 Å². The first-order valence-electron chi connectivity index (χ1n) is 12.1. The van der Waals surface area contributed by atoms with Crippen molar-refractivity contribution in [2.45, 2.75) is 58.9 Å². The molecule has 6 rings (SSSR count). The summed E-state index contributed by atoms with van der Waals surface area (Å²) in [7, 11) is 0. The Hall–Kier alpha value is -3.74. The van der Waals surface area contributed by atoms with Crippen LogP contribution < -0.4 is 0 Å². The second-order valence-electron chi connectivity index (χ2n) is 9.36. The summed E-state index contributed by atoms with van der Waals surface area (Å²) in [6.07, 6.45) is 8.26. The van der Waals surface area contributed by atoms with Gasteiger partial charge in [-0.05, 0) is 68.0 Å². The number of rotatable bonds is 5. The molecule has 172 valence electrons. The van der Waals surface area contributed by atoms with Gasteiger partial charge in [0.25, 0.3) is 0 Å². The Kier molecular flexibility index (Phi) is 5.05.